The van der Waals surface area contributed by atoms with Crippen molar-refractivity contribution in [1.29, 1.82) is 0 Å². The fourth-order valence-electron chi connectivity index (χ4n) is 3.78. The number of H-pyrrole nitrogens is 1. The molecule has 0 bridgehead atoms. The third kappa shape index (κ3) is 3.49. The van der Waals surface area contributed by atoms with E-state index in [4.69, 9.17) is 0 Å². The summed E-state index contributed by atoms with van der Waals surface area (Å²) >= 11 is 0. The van der Waals surface area contributed by atoms with Crippen LogP contribution in [0.3, 0.4) is 0 Å². The molecule has 0 spiro atoms. The molecule has 3 aromatic rings. The summed E-state index contributed by atoms with van der Waals surface area (Å²) in [4.78, 5) is 47.8. The Morgan fingerprint density at radius 2 is 1.80 bits per heavy atom. The molecule has 158 valence electrons. The van der Waals surface area contributed by atoms with Gasteiger partial charge in [0.1, 0.15) is 17.2 Å². The number of rotatable bonds is 4. The SMILES string of the molecule is Cn1c(=O)c2[nH]c(CCC(=O)N3CCN(c4ccccc4F)CC3)nc2n(C)c1=O. The number of halogens is 1. The van der Waals surface area contributed by atoms with E-state index in [9.17, 15) is 18.8 Å². The molecule has 1 fully saturated rings. The molecule has 1 aliphatic rings. The molecule has 4 rings (SSSR count). The molecule has 0 atom stereocenters. The maximum atomic E-state index is 14.0. The normalized spacial score (nSPS) is 14.5. The second-order valence-electron chi connectivity index (χ2n) is 7.41. The van der Waals surface area contributed by atoms with Gasteiger partial charge in [0.2, 0.25) is 5.91 Å². The number of aromatic nitrogens is 4. The first-order chi connectivity index (χ1) is 14.4. The number of imidazole rings is 1. The molecular formula is C20H23FN6O3. The molecule has 0 saturated carbocycles. The highest BCUT2D eigenvalue weighted by molar-refractivity contribution is 5.77. The number of hydrogen-bond acceptors (Lipinski definition) is 5. The maximum Gasteiger partial charge on any atom is 0.332 e. The Hall–Kier alpha value is -3.43. The Morgan fingerprint density at radius 1 is 1.10 bits per heavy atom. The van der Waals surface area contributed by atoms with Crippen LogP contribution in [0.5, 0.6) is 0 Å². The number of benzene rings is 1. The molecule has 9 nitrogen and oxygen atoms in total. The number of anilines is 1. The van der Waals surface area contributed by atoms with Crippen molar-refractivity contribution in [2.24, 2.45) is 14.1 Å². The minimum Gasteiger partial charge on any atom is -0.366 e. The lowest BCUT2D eigenvalue weighted by atomic mass is 10.2. The third-order valence-electron chi connectivity index (χ3n) is 5.55. The number of nitrogens with zero attached hydrogens (tertiary/aromatic N) is 5. The molecule has 0 radical (unpaired) electrons. The van der Waals surface area contributed by atoms with Crippen molar-refractivity contribution in [3.05, 3.63) is 56.7 Å². The van der Waals surface area contributed by atoms with Crippen LogP contribution in [-0.4, -0.2) is 56.1 Å². The number of hydrogen-bond donors (Lipinski definition) is 1. The summed E-state index contributed by atoms with van der Waals surface area (Å²) < 4.78 is 16.3. The average molecular weight is 414 g/mol. The topological polar surface area (TPSA) is 96.2 Å². The number of amides is 1. The van der Waals surface area contributed by atoms with Crippen LogP contribution in [0.1, 0.15) is 12.2 Å². The number of carbonyl (C=O) groups excluding carboxylic acids is 1. The van der Waals surface area contributed by atoms with E-state index in [2.05, 4.69) is 9.97 Å². The Balaban J connectivity index is 1.39. The van der Waals surface area contributed by atoms with Crippen molar-refractivity contribution in [1.82, 2.24) is 24.0 Å². The largest absolute Gasteiger partial charge is 0.366 e. The maximum absolute atomic E-state index is 14.0. The quantitative estimate of drug-likeness (QED) is 0.666. The summed E-state index contributed by atoms with van der Waals surface area (Å²) in [5.41, 5.74) is 0.195. The predicted molar refractivity (Wildman–Crippen MR) is 110 cm³/mol. The van der Waals surface area contributed by atoms with Crippen LogP contribution in [0.15, 0.2) is 33.9 Å². The lowest BCUT2D eigenvalue weighted by molar-refractivity contribution is -0.131. The van der Waals surface area contributed by atoms with Crippen LogP contribution in [-0.2, 0) is 25.3 Å². The van der Waals surface area contributed by atoms with Crippen molar-refractivity contribution in [2.75, 3.05) is 31.1 Å². The second-order valence-corrected chi connectivity index (χ2v) is 7.41. The summed E-state index contributed by atoms with van der Waals surface area (Å²) in [6.07, 6.45) is 0.562. The Labute approximate surface area is 171 Å². The van der Waals surface area contributed by atoms with E-state index < -0.39 is 11.2 Å². The lowest BCUT2D eigenvalue weighted by Gasteiger charge is -2.36. The fraction of sp³-hybridized carbons (Fsp3) is 0.400. The number of piperazine rings is 1. The predicted octanol–water partition coefficient (Wildman–Crippen LogP) is 0.381. The van der Waals surface area contributed by atoms with Crippen molar-refractivity contribution in [3.63, 3.8) is 0 Å². The van der Waals surface area contributed by atoms with E-state index in [1.165, 1.54) is 17.7 Å². The van der Waals surface area contributed by atoms with Gasteiger partial charge in [0, 0.05) is 53.1 Å². The Bertz CT molecular complexity index is 1220. The number of para-hydroxylation sites is 1. The van der Waals surface area contributed by atoms with E-state index in [1.54, 1.807) is 30.1 Å². The van der Waals surface area contributed by atoms with Gasteiger partial charge in [0.25, 0.3) is 5.56 Å². The van der Waals surface area contributed by atoms with Crippen LogP contribution in [0.4, 0.5) is 10.1 Å². The molecule has 3 heterocycles. The van der Waals surface area contributed by atoms with Crippen LogP contribution >= 0.6 is 0 Å². The fourth-order valence-corrected chi connectivity index (χ4v) is 3.78. The number of fused-ring (bicyclic) bond motifs is 1. The standard InChI is InChI=1S/C20H23FN6O3/c1-24-18-17(19(29)25(2)20(24)30)22-15(23-18)7-8-16(28)27-11-9-26(10-12-27)14-6-4-3-5-13(14)21/h3-6H,7-12H2,1-2H3,(H,22,23). The van der Waals surface area contributed by atoms with Crippen molar-refractivity contribution in [2.45, 2.75) is 12.8 Å². The summed E-state index contributed by atoms with van der Waals surface area (Å²) in [5, 5.41) is 0. The first-order valence-electron chi connectivity index (χ1n) is 9.78. The smallest absolute Gasteiger partial charge is 0.332 e. The van der Waals surface area contributed by atoms with E-state index >= 15 is 0 Å². The zero-order chi connectivity index (χ0) is 21.4. The molecule has 1 N–H and O–H groups in total. The molecule has 1 aliphatic heterocycles. The molecule has 1 amide bonds. The van der Waals surface area contributed by atoms with Gasteiger partial charge in [0.15, 0.2) is 5.65 Å². The van der Waals surface area contributed by atoms with E-state index in [0.29, 0.717) is 44.1 Å². The molecule has 30 heavy (non-hydrogen) atoms. The average Bonchev–Trinajstić information content (AvgIpc) is 3.20. The van der Waals surface area contributed by atoms with Crippen molar-refractivity contribution < 1.29 is 9.18 Å². The molecule has 1 aromatic carbocycles. The van der Waals surface area contributed by atoms with E-state index in [-0.39, 0.29) is 29.3 Å². The van der Waals surface area contributed by atoms with Crippen LogP contribution in [0.2, 0.25) is 0 Å². The molecular weight excluding hydrogens is 391 g/mol. The molecule has 0 aliphatic carbocycles. The highest BCUT2D eigenvalue weighted by atomic mass is 19.1. The molecule has 10 heteroatoms. The third-order valence-corrected chi connectivity index (χ3v) is 5.55. The number of aromatic amines is 1. The molecule has 2 aromatic heterocycles. The van der Waals surface area contributed by atoms with Gasteiger partial charge in [0.05, 0.1) is 5.69 Å². The van der Waals surface area contributed by atoms with Crippen molar-refractivity contribution >= 4 is 22.8 Å². The zero-order valence-electron chi connectivity index (χ0n) is 16.9. The van der Waals surface area contributed by atoms with Gasteiger partial charge >= 0.3 is 5.69 Å². The minimum absolute atomic E-state index is 0.0227. The van der Waals surface area contributed by atoms with Gasteiger partial charge in [-0.25, -0.2) is 14.2 Å². The monoisotopic (exact) mass is 414 g/mol. The zero-order valence-corrected chi connectivity index (χ0v) is 16.9. The van der Waals surface area contributed by atoms with Crippen LogP contribution < -0.4 is 16.1 Å². The van der Waals surface area contributed by atoms with Gasteiger partial charge in [-0.2, -0.15) is 0 Å². The van der Waals surface area contributed by atoms with Gasteiger partial charge < -0.3 is 14.8 Å². The van der Waals surface area contributed by atoms with E-state index in [1.807, 2.05) is 4.90 Å². The first kappa shape index (κ1) is 19.9. The Kier molecular flexibility index (Phi) is 5.15. The summed E-state index contributed by atoms with van der Waals surface area (Å²) in [6.45, 7) is 2.16. The summed E-state index contributed by atoms with van der Waals surface area (Å²) in [5.74, 6) is 0.203. The summed E-state index contributed by atoms with van der Waals surface area (Å²) in [7, 11) is 2.96. The van der Waals surface area contributed by atoms with Crippen LogP contribution in [0.25, 0.3) is 11.2 Å². The number of carbonyl (C=O) groups is 1. The number of aryl methyl sites for hydroxylation is 2. The first-order valence-corrected chi connectivity index (χ1v) is 9.78. The Morgan fingerprint density at radius 3 is 2.50 bits per heavy atom. The minimum atomic E-state index is -0.450. The van der Waals surface area contributed by atoms with Gasteiger partial charge in [-0.05, 0) is 12.1 Å². The van der Waals surface area contributed by atoms with E-state index in [0.717, 1.165) is 4.57 Å². The molecule has 0 unspecified atom stereocenters. The van der Waals surface area contributed by atoms with Gasteiger partial charge in [-0.15, -0.1) is 0 Å². The second kappa shape index (κ2) is 7.77. The van der Waals surface area contributed by atoms with Crippen LogP contribution in [0, 0.1) is 5.82 Å². The number of nitrogens with one attached hydrogen (secondary N) is 1. The van der Waals surface area contributed by atoms with Gasteiger partial charge in [-0.3, -0.25) is 18.7 Å². The van der Waals surface area contributed by atoms with Crippen molar-refractivity contribution in [3.8, 4) is 0 Å². The summed E-state index contributed by atoms with van der Waals surface area (Å²) in [6, 6.07) is 6.63. The van der Waals surface area contributed by atoms with Gasteiger partial charge in [-0.1, -0.05) is 12.1 Å². The highest BCUT2D eigenvalue weighted by Gasteiger charge is 2.23. The molecule has 1 saturated heterocycles. The highest BCUT2D eigenvalue weighted by Crippen LogP contribution is 2.20. The lowest BCUT2D eigenvalue weighted by Crippen LogP contribution is -2.49.